The summed E-state index contributed by atoms with van der Waals surface area (Å²) in [6.45, 7) is 1.83. The van der Waals surface area contributed by atoms with Crippen molar-refractivity contribution < 1.29 is 9.90 Å². The molecule has 1 aromatic carbocycles. The Morgan fingerprint density at radius 3 is 2.78 bits per heavy atom. The van der Waals surface area contributed by atoms with Crippen LogP contribution in [-0.4, -0.2) is 16.0 Å². The first-order chi connectivity index (χ1) is 8.58. The van der Waals surface area contributed by atoms with E-state index in [-0.39, 0.29) is 22.4 Å². The van der Waals surface area contributed by atoms with Crippen LogP contribution in [0.15, 0.2) is 41.5 Å². The van der Waals surface area contributed by atoms with E-state index < -0.39 is 5.91 Å². The Bertz CT molecular complexity index is 647. The van der Waals surface area contributed by atoms with Crippen molar-refractivity contribution in [3.63, 3.8) is 0 Å². The Balaban J connectivity index is 2.27. The molecule has 3 N–H and O–H groups in total. The monoisotopic (exact) mass is 244 g/mol. The number of aromatic nitrogens is 1. The van der Waals surface area contributed by atoms with Gasteiger partial charge in [-0.2, -0.15) is 0 Å². The highest BCUT2D eigenvalue weighted by Crippen LogP contribution is 2.24. The summed E-state index contributed by atoms with van der Waals surface area (Å²) in [6, 6.07) is 6.14. The number of phenolic OH excluding ortho intramolecular Hbond substituents is 1. The molecular weight excluding hydrogens is 232 g/mol. The van der Waals surface area contributed by atoms with Crippen LogP contribution in [0.1, 0.15) is 15.9 Å². The topological polar surface area (TPSA) is 82.2 Å². The molecule has 5 nitrogen and oxygen atoms in total. The Morgan fingerprint density at radius 1 is 1.33 bits per heavy atom. The molecule has 1 amide bonds. The van der Waals surface area contributed by atoms with Gasteiger partial charge in [0.05, 0.1) is 5.69 Å². The summed E-state index contributed by atoms with van der Waals surface area (Å²) in [6.07, 6.45) is 2.77. The number of aryl methyl sites for hydroxylation is 1. The number of amides is 1. The van der Waals surface area contributed by atoms with Crippen molar-refractivity contribution in [2.24, 2.45) is 0 Å². The third-order valence-corrected chi connectivity index (χ3v) is 2.47. The van der Waals surface area contributed by atoms with E-state index in [1.54, 1.807) is 12.1 Å². The van der Waals surface area contributed by atoms with Crippen molar-refractivity contribution in [1.82, 2.24) is 4.98 Å². The number of carbonyl (C=O) groups excluding carboxylic acids is 1. The molecule has 0 atom stereocenters. The van der Waals surface area contributed by atoms with Crippen molar-refractivity contribution in [2.75, 3.05) is 5.32 Å². The maximum Gasteiger partial charge on any atom is 0.261 e. The van der Waals surface area contributed by atoms with Crippen LogP contribution in [0.3, 0.4) is 0 Å². The van der Waals surface area contributed by atoms with Crippen LogP contribution in [0, 0.1) is 6.92 Å². The fraction of sp³-hybridized carbons (Fsp3) is 0.0769. The molecule has 0 fully saturated rings. The maximum absolute atomic E-state index is 11.8. The molecule has 18 heavy (non-hydrogen) atoms. The molecular formula is C13H12N2O3. The number of benzene rings is 1. The molecule has 1 heterocycles. The lowest BCUT2D eigenvalue weighted by molar-refractivity contribution is 0.102. The van der Waals surface area contributed by atoms with Crippen LogP contribution in [-0.2, 0) is 0 Å². The van der Waals surface area contributed by atoms with Gasteiger partial charge >= 0.3 is 0 Å². The minimum absolute atomic E-state index is 0.00234. The van der Waals surface area contributed by atoms with E-state index in [9.17, 15) is 14.7 Å². The fourth-order valence-corrected chi connectivity index (χ4v) is 1.53. The van der Waals surface area contributed by atoms with E-state index in [2.05, 4.69) is 10.3 Å². The fourth-order valence-electron chi connectivity index (χ4n) is 1.53. The number of phenols is 1. The average Bonchev–Trinajstić information content (AvgIpc) is 2.33. The van der Waals surface area contributed by atoms with Gasteiger partial charge in [0.2, 0.25) is 0 Å². The molecule has 1 aromatic heterocycles. The molecule has 5 heteroatoms. The average molecular weight is 244 g/mol. The number of hydrogen-bond acceptors (Lipinski definition) is 3. The summed E-state index contributed by atoms with van der Waals surface area (Å²) in [5.41, 5.74) is 0.771. The summed E-state index contributed by atoms with van der Waals surface area (Å²) in [5.74, 6) is -0.591. The van der Waals surface area contributed by atoms with Gasteiger partial charge in [0.25, 0.3) is 5.91 Å². The number of aromatic hydroxyl groups is 1. The highest BCUT2D eigenvalue weighted by atomic mass is 16.3. The van der Waals surface area contributed by atoms with Crippen LogP contribution >= 0.6 is 0 Å². The minimum Gasteiger partial charge on any atom is -0.506 e. The number of pyridine rings is 1. The molecule has 0 spiro atoms. The molecule has 2 aromatic rings. The zero-order valence-electron chi connectivity index (χ0n) is 9.73. The first kappa shape index (κ1) is 11.9. The Kier molecular flexibility index (Phi) is 3.14. The second-order valence-electron chi connectivity index (χ2n) is 3.90. The summed E-state index contributed by atoms with van der Waals surface area (Å²) in [7, 11) is 0. The zero-order valence-corrected chi connectivity index (χ0v) is 9.73. The second-order valence-corrected chi connectivity index (χ2v) is 3.90. The van der Waals surface area contributed by atoms with E-state index in [1.165, 1.54) is 24.5 Å². The van der Waals surface area contributed by atoms with Crippen LogP contribution in [0.2, 0.25) is 0 Å². The van der Waals surface area contributed by atoms with Crippen molar-refractivity contribution >= 4 is 11.6 Å². The van der Waals surface area contributed by atoms with E-state index in [4.69, 9.17) is 0 Å². The minimum atomic E-state index is -0.559. The first-order valence-electron chi connectivity index (χ1n) is 5.36. The molecule has 92 valence electrons. The van der Waals surface area contributed by atoms with Gasteiger partial charge in [0.1, 0.15) is 11.3 Å². The smallest absolute Gasteiger partial charge is 0.261 e. The van der Waals surface area contributed by atoms with E-state index in [0.717, 1.165) is 5.56 Å². The molecule has 0 saturated heterocycles. The molecule has 2 rings (SSSR count). The lowest BCUT2D eigenvalue weighted by atomic mass is 10.2. The summed E-state index contributed by atoms with van der Waals surface area (Å²) in [5, 5.41) is 12.1. The van der Waals surface area contributed by atoms with Gasteiger partial charge in [-0.1, -0.05) is 6.07 Å². The summed E-state index contributed by atoms with van der Waals surface area (Å²) >= 11 is 0. The van der Waals surface area contributed by atoms with Gasteiger partial charge in [0.15, 0.2) is 5.43 Å². The molecule has 0 aliphatic rings. The number of hydrogen-bond donors (Lipinski definition) is 3. The van der Waals surface area contributed by atoms with Gasteiger partial charge in [-0.05, 0) is 24.6 Å². The first-order valence-corrected chi connectivity index (χ1v) is 5.36. The number of carbonyl (C=O) groups is 1. The standard InChI is InChI=1S/C13H12N2O3/c1-8-2-3-10(12(17)6-8)15-13(18)9-7-14-5-4-11(9)16/h2-7,17H,1H3,(H,14,16)(H,15,18). The summed E-state index contributed by atoms with van der Waals surface area (Å²) in [4.78, 5) is 25.9. The molecule has 0 bridgehead atoms. The predicted octanol–water partition coefficient (Wildman–Crippen LogP) is 1.64. The van der Waals surface area contributed by atoms with Gasteiger partial charge in [-0.15, -0.1) is 0 Å². The van der Waals surface area contributed by atoms with Gasteiger partial charge in [-0.3, -0.25) is 9.59 Å². The summed E-state index contributed by atoms with van der Waals surface area (Å²) < 4.78 is 0. The Hall–Kier alpha value is -2.56. The van der Waals surface area contributed by atoms with Crippen LogP contribution in [0.25, 0.3) is 0 Å². The van der Waals surface area contributed by atoms with E-state index in [0.29, 0.717) is 0 Å². The number of aromatic amines is 1. The third kappa shape index (κ3) is 2.40. The van der Waals surface area contributed by atoms with Crippen molar-refractivity contribution in [3.8, 4) is 5.75 Å². The lowest BCUT2D eigenvalue weighted by Crippen LogP contribution is -2.20. The number of nitrogens with one attached hydrogen (secondary N) is 2. The third-order valence-electron chi connectivity index (χ3n) is 2.47. The Labute approximate surface area is 103 Å². The lowest BCUT2D eigenvalue weighted by Gasteiger charge is -2.07. The normalized spacial score (nSPS) is 10.1. The van der Waals surface area contributed by atoms with Crippen LogP contribution < -0.4 is 10.7 Å². The number of anilines is 1. The molecule has 0 radical (unpaired) electrons. The van der Waals surface area contributed by atoms with Gasteiger partial charge in [-0.25, -0.2) is 0 Å². The van der Waals surface area contributed by atoms with E-state index >= 15 is 0 Å². The number of H-pyrrole nitrogens is 1. The number of rotatable bonds is 2. The molecule has 0 aliphatic heterocycles. The van der Waals surface area contributed by atoms with Gasteiger partial charge in [0, 0.05) is 18.5 Å². The molecule has 0 aliphatic carbocycles. The highest BCUT2D eigenvalue weighted by molar-refractivity contribution is 6.04. The van der Waals surface area contributed by atoms with Crippen molar-refractivity contribution in [2.45, 2.75) is 6.92 Å². The molecule has 0 saturated carbocycles. The van der Waals surface area contributed by atoms with E-state index in [1.807, 2.05) is 6.92 Å². The highest BCUT2D eigenvalue weighted by Gasteiger charge is 2.11. The SMILES string of the molecule is Cc1ccc(NC(=O)c2c[nH]ccc2=O)c(O)c1. The zero-order chi connectivity index (χ0) is 13.1. The van der Waals surface area contributed by atoms with Gasteiger partial charge < -0.3 is 15.4 Å². The Morgan fingerprint density at radius 2 is 2.11 bits per heavy atom. The maximum atomic E-state index is 11.8. The largest absolute Gasteiger partial charge is 0.506 e. The van der Waals surface area contributed by atoms with Crippen LogP contribution in [0.5, 0.6) is 5.75 Å². The second kappa shape index (κ2) is 4.75. The van der Waals surface area contributed by atoms with Crippen LogP contribution in [0.4, 0.5) is 5.69 Å². The quantitative estimate of drug-likeness (QED) is 0.702. The predicted molar refractivity (Wildman–Crippen MR) is 67.9 cm³/mol. The van der Waals surface area contributed by atoms with Crippen molar-refractivity contribution in [1.29, 1.82) is 0 Å². The molecule has 0 unspecified atom stereocenters. The van der Waals surface area contributed by atoms with Crippen molar-refractivity contribution in [3.05, 3.63) is 58.0 Å².